The third-order valence-corrected chi connectivity index (χ3v) is 7.84. The van der Waals surface area contributed by atoms with Gasteiger partial charge in [0.15, 0.2) is 5.78 Å². The lowest BCUT2D eigenvalue weighted by atomic mass is 9.82. The first kappa shape index (κ1) is 33.5. The summed E-state index contributed by atoms with van der Waals surface area (Å²) in [5.41, 5.74) is 1.11. The summed E-state index contributed by atoms with van der Waals surface area (Å²) >= 11 is 1.35. The van der Waals surface area contributed by atoms with Crippen molar-refractivity contribution < 1.29 is 33.9 Å². The van der Waals surface area contributed by atoms with Gasteiger partial charge in [-0.15, -0.1) is 11.3 Å². The Hall–Kier alpha value is -3.73. The summed E-state index contributed by atoms with van der Waals surface area (Å²) in [6.45, 7) is 7.73. The Bertz CT molecular complexity index is 1230. The number of carbonyl (C=O) groups is 6. The van der Waals surface area contributed by atoms with Crippen molar-refractivity contribution in [1.29, 1.82) is 0 Å². The average molecular weight is 586 g/mol. The van der Waals surface area contributed by atoms with Crippen LogP contribution in [0.3, 0.4) is 0 Å². The van der Waals surface area contributed by atoms with E-state index >= 15 is 0 Å². The summed E-state index contributed by atoms with van der Waals surface area (Å²) in [7, 11) is 0. The quantitative estimate of drug-likeness (QED) is 0.239. The van der Waals surface area contributed by atoms with Crippen LogP contribution in [-0.2, 0) is 41.6 Å². The predicted molar refractivity (Wildman–Crippen MR) is 154 cm³/mol. The van der Waals surface area contributed by atoms with E-state index < -0.39 is 52.8 Å². The van der Waals surface area contributed by atoms with Crippen molar-refractivity contribution >= 4 is 46.5 Å². The number of thiazole rings is 1. The van der Waals surface area contributed by atoms with Crippen LogP contribution in [0.25, 0.3) is 0 Å². The van der Waals surface area contributed by atoms with Gasteiger partial charge in [-0.2, -0.15) is 0 Å². The number of rotatable bonds is 17. The Balaban J connectivity index is 2.09. The minimum Gasteiger partial charge on any atom is -0.481 e. The maximum atomic E-state index is 13.2. The van der Waals surface area contributed by atoms with E-state index in [-0.39, 0.29) is 37.4 Å². The molecule has 41 heavy (non-hydrogen) atoms. The maximum absolute atomic E-state index is 13.2. The average Bonchev–Trinajstić information content (AvgIpc) is 3.43. The summed E-state index contributed by atoms with van der Waals surface area (Å²) in [5, 5.41) is 14.4. The lowest BCUT2D eigenvalue weighted by Crippen LogP contribution is -2.53. The third-order valence-electron chi connectivity index (χ3n) is 7.04. The van der Waals surface area contributed by atoms with Gasteiger partial charge in [0.25, 0.3) is 5.91 Å². The van der Waals surface area contributed by atoms with Gasteiger partial charge in [-0.25, -0.2) is 0 Å². The van der Waals surface area contributed by atoms with Crippen LogP contribution in [0.5, 0.6) is 0 Å². The number of hydrogen-bond donors (Lipinski definition) is 3. The van der Waals surface area contributed by atoms with Crippen molar-refractivity contribution in [2.45, 2.75) is 78.8 Å². The maximum Gasteiger partial charge on any atom is 0.309 e. The van der Waals surface area contributed by atoms with Gasteiger partial charge in [-0.1, -0.05) is 50.6 Å². The monoisotopic (exact) mass is 585 g/mol. The molecule has 1 heterocycles. The highest BCUT2D eigenvalue weighted by atomic mass is 32.1. The van der Waals surface area contributed by atoms with Crippen LogP contribution in [0.15, 0.2) is 42.0 Å². The van der Waals surface area contributed by atoms with Crippen molar-refractivity contribution in [3.05, 3.63) is 52.5 Å². The molecule has 4 unspecified atom stereocenters. The molecule has 11 heteroatoms. The molecule has 10 nitrogen and oxygen atoms in total. The van der Waals surface area contributed by atoms with Gasteiger partial charge >= 0.3 is 5.97 Å². The number of amides is 2. The number of hydrogen-bond acceptors (Lipinski definition) is 8. The van der Waals surface area contributed by atoms with Crippen molar-refractivity contribution in [3.63, 3.8) is 0 Å². The van der Waals surface area contributed by atoms with E-state index in [1.54, 1.807) is 18.6 Å². The number of aromatic nitrogens is 1. The Labute approximate surface area is 244 Å². The van der Waals surface area contributed by atoms with Gasteiger partial charge < -0.3 is 15.7 Å². The van der Waals surface area contributed by atoms with Crippen LogP contribution in [0.1, 0.15) is 64.3 Å². The predicted octanol–water partition coefficient (Wildman–Crippen LogP) is 3.18. The van der Waals surface area contributed by atoms with Crippen LogP contribution in [0.4, 0.5) is 0 Å². The molecule has 1 aromatic heterocycles. The Kier molecular flexibility index (Phi) is 12.5. The summed E-state index contributed by atoms with van der Waals surface area (Å²) in [6, 6.07) is 6.88. The molecule has 0 spiro atoms. The molecule has 0 bridgehead atoms. The van der Waals surface area contributed by atoms with Crippen LogP contribution in [0, 0.1) is 17.3 Å². The zero-order chi connectivity index (χ0) is 30.7. The number of carbonyl (C=O) groups excluding carboxylic acids is 5. The number of benzene rings is 1. The second kappa shape index (κ2) is 15.3. The van der Waals surface area contributed by atoms with E-state index in [0.29, 0.717) is 6.42 Å². The molecule has 0 fully saturated rings. The Morgan fingerprint density at radius 1 is 1.02 bits per heavy atom. The zero-order valence-electron chi connectivity index (χ0n) is 24.1. The third kappa shape index (κ3) is 10.3. The highest BCUT2D eigenvalue weighted by Gasteiger charge is 2.37. The highest BCUT2D eigenvalue weighted by Crippen LogP contribution is 2.24. The largest absolute Gasteiger partial charge is 0.481 e. The highest BCUT2D eigenvalue weighted by molar-refractivity contribution is 7.09. The molecule has 3 N–H and O–H groups in total. The van der Waals surface area contributed by atoms with E-state index in [2.05, 4.69) is 15.6 Å². The fourth-order valence-electron chi connectivity index (χ4n) is 4.22. The van der Waals surface area contributed by atoms with Crippen LogP contribution >= 0.6 is 11.3 Å². The smallest absolute Gasteiger partial charge is 0.309 e. The number of carboxylic acids is 1. The van der Waals surface area contributed by atoms with Crippen molar-refractivity contribution in [2.75, 3.05) is 0 Å². The molecule has 0 saturated carbocycles. The fraction of sp³-hybridized carbons (Fsp3) is 0.500. The first-order valence-electron chi connectivity index (χ1n) is 13.6. The van der Waals surface area contributed by atoms with Gasteiger partial charge in [0.05, 0.1) is 23.0 Å². The number of aliphatic carboxylic acids is 1. The number of nitrogens with zero attached hydrogens (tertiary/aromatic N) is 1. The molecule has 0 saturated heterocycles. The molecule has 222 valence electrons. The summed E-state index contributed by atoms with van der Waals surface area (Å²) in [5.74, 6) is -5.48. The fourth-order valence-corrected chi connectivity index (χ4v) is 4.89. The van der Waals surface area contributed by atoms with Crippen LogP contribution in [-0.4, -0.2) is 57.3 Å². The van der Waals surface area contributed by atoms with E-state index in [4.69, 9.17) is 0 Å². The first-order valence-corrected chi connectivity index (χ1v) is 14.5. The summed E-state index contributed by atoms with van der Waals surface area (Å²) < 4.78 is 0. The van der Waals surface area contributed by atoms with Crippen LogP contribution in [0.2, 0.25) is 0 Å². The van der Waals surface area contributed by atoms with E-state index in [0.717, 1.165) is 10.4 Å². The molecule has 2 rings (SSSR count). The van der Waals surface area contributed by atoms with E-state index in [9.17, 15) is 33.9 Å². The van der Waals surface area contributed by atoms with Gasteiger partial charge in [-0.05, 0) is 38.7 Å². The second-order valence-corrected chi connectivity index (χ2v) is 12.0. The number of nitrogens with one attached hydrogen (secondary N) is 2. The molecule has 1 aromatic carbocycles. The molecular weight excluding hydrogens is 546 g/mol. The molecule has 0 radical (unpaired) electrons. The van der Waals surface area contributed by atoms with Gasteiger partial charge in [0, 0.05) is 36.3 Å². The number of carboxylic acid groups (broad SMARTS) is 1. The van der Waals surface area contributed by atoms with Crippen LogP contribution < -0.4 is 10.6 Å². The normalized spacial score (nSPS) is 14.3. The molecule has 2 aromatic rings. The molecular formula is C30H39N3O7S. The van der Waals surface area contributed by atoms with Gasteiger partial charge in [0.1, 0.15) is 5.78 Å². The lowest BCUT2D eigenvalue weighted by molar-refractivity contribution is -0.150. The first-order chi connectivity index (χ1) is 19.2. The zero-order valence-corrected chi connectivity index (χ0v) is 25.0. The molecule has 0 aliphatic heterocycles. The van der Waals surface area contributed by atoms with Crippen molar-refractivity contribution in [1.82, 2.24) is 15.6 Å². The molecule has 0 aliphatic carbocycles. The summed E-state index contributed by atoms with van der Waals surface area (Å²) in [4.78, 5) is 81.1. The Morgan fingerprint density at radius 2 is 1.68 bits per heavy atom. The SMILES string of the molecule is CCC(C)C(NC(=O)C(=O)C(C)NC(=O)C(CC(=O)Cc1ccccc1)Cc1cncs1)C(=O)CC(C)(C)C(=O)O. The second-order valence-electron chi connectivity index (χ2n) is 11.0. The minimum atomic E-state index is -1.34. The molecule has 0 aliphatic rings. The standard InChI is InChI=1S/C30H39N3O7S/c1-6-18(2)25(24(35)15-30(4,5)29(39)40)33-28(38)26(36)19(3)32-27(37)21(14-23-16-31-17-41-23)13-22(34)12-20-10-8-7-9-11-20/h7-11,16-19,21,25H,6,12-15H2,1-5H3,(H,32,37)(H,33,38)(H,39,40). The minimum absolute atomic E-state index is 0.0598. The van der Waals surface area contributed by atoms with Crippen molar-refractivity contribution in [2.24, 2.45) is 17.3 Å². The van der Waals surface area contributed by atoms with Crippen molar-refractivity contribution in [3.8, 4) is 0 Å². The summed E-state index contributed by atoms with van der Waals surface area (Å²) in [6.07, 6.45) is 2.14. The number of Topliss-reactive ketones (excluding diaryl/α,β-unsaturated/α-hetero) is 3. The van der Waals surface area contributed by atoms with E-state index in [1.165, 1.54) is 32.1 Å². The topological polar surface area (TPSA) is 160 Å². The molecule has 4 atom stereocenters. The van der Waals surface area contributed by atoms with Gasteiger partial charge in [-0.3, -0.25) is 33.8 Å². The molecule has 2 amide bonds. The lowest BCUT2D eigenvalue weighted by Gasteiger charge is -2.27. The number of ketones is 3. The van der Waals surface area contributed by atoms with Gasteiger partial charge in [0.2, 0.25) is 11.7 Å². The Morgan fingerprint density at radius 3 is 2.24 bits per heavy atom. The van der Waals surface area contributed by atoms with E-state index in [1.807, 2.05) is 37.3 Å².